The van der Waals surface area contributed by atoms with Crippen LogP contribution in [0.1, 0.15) is 22.3 Å². The van der Waals surface area contributed by atoms with E-state index in [0.717, 1.165) is 16.7 Å². The van der Waals surface area contributed by atoms with E-state index in [0.29, 0.717) is 17.4 Å². The Morgan fingerprint density at radius 3 is 2.29 bits per heavy atom. The summed E-state index contributed by atoms with van der Waals surface area (Å²) in [5, 5.41) is 18.0. The molecule has 0 spiro atoms. The van der Waals surface area contributed by atoms with Crippen LogP contribution in [-0.2, 0) is 14.4 Å². The fourth-order valence-electron chi connectivity index (χ4n) is 2.03. The second-order valence-corrected chi connectivity index (χ2v) is 6.46. The van der Waals surface area contributed by atoms with Crippen molar-refractivity contribution in [3.8, 4) is 0 Å². The third kappa shape index (κ3) is 3.87. The molecule has 124 valence electrons. The maximum absolute atomic E-state index is 12.4. The summed E-state index contributed by atoms with van der Waals surface area (Å²) in [5.74, 6) is -3.44. The van der Waals surface area contributed by atoms with E-state index in [1.807, 2.05) is 0 Å². The van der Waals surface area contributed by atoms with Gasteiger partial charge in [0, 0.05) is 5.56 Å². The molecule has 2 rings (SSSR count). The maximum atomic E-state index is 12.4. The molecule has 0 aromatic heterocycles. The molecule has 0 radical (unpaired) electrons. The maximum Gasteiger partial charge on any atom is 0.327 e. The number of aldehydes is 1. The molecule has 9 heteroatoms. The van der Waals surface area contributed by atoms with Crippen molar-refractivity contribution >= 4 is 58.5 Å². The Bertz CT molecular complexity index is 756. The van der Waals surface area contributed by atoms with Crippen molar-refractivity contribution in [1.29, 1.82) is 0 Å². The van der Waals surface area contributed by atoms with Crippen LogP contribution in [-0.4, -0.2) is 49.6 Å². The van der Waals surface area contributed by atoms with Gasteiger partial charge in [0.05, 0.1) is 11.3 Å². The predicted molar refractivity (Wildman–Crippen MR) is 90.5 cm³/mol. The highest BCUT2D eigenvalue weighted by Crippen LogP contribution is 2.34. The molecule has 0 saturated carbocycles. The number of hydrogen-bond donors (Lipinski definition) is 2. The van der Waals surface area contributed by atoms with Crippen molar-refractivity contribution in [2.45, 2.75) is 12.5 Å². The molecule has 2 N–H and O–H groups in total. The number of rotatable bonds is 6. The fourth-order valence-corrected chi connectivity index (χ4v) is 3.38. The number of thiocarbonyl (C=S) groups is 1. The van der Waals surface area contributed by atoms with Crippen molar-refractivity contribution in [2.24, 2.45) is 0 Å². The van der Waals surface area contributed by atoms with Gasteiger partial charge in [-0.05, 0) is 11.6 Å². The first kappa shape index (κ1) is 17.8. The lowest BCUT2D eigenvalue weighted by Crippen LogP contribution is -2.45. The van der Waals surface area contributed by atoms with Crippen LogP contribution in [0.25, 0.3) is 6.08 Å². The zero-order valence-electron chi connectivity index (χ0n) is 12.0. The van der Waals surface area contributed by atoms with E-state index in [9.17, 15) is 24.3 Å². The molecule has 1 fully saturated rings. The third-order valence-electron chi connectivity index (χ3n) is 3.16. The molecular weight excluding hydrogens is 354 g/mol. The number of carboxylic acid groups (broad SMARTS) is 2. The zero-order valence-corrected chi connectivity index (χ0v) is 13.7. The first-order chi connectivity index (χ1) is 11.3. The molecule has 7 nitrogen and oxygen atoms in total. The SMILES string of the molecule is O=Cc1ccc(/C=C2\SC(=S)N([C@H](CC(=O)O)C(=O)O)C2=O)cc1. The summed E-state index contributed by atoms with van der Waals surface area (Å²) in [7, 11) is 0. The summed E-state index contributed by atoms with van der Waals surface area (Å²) >= 11 is 5.93. The number of carbonyl (C=O) groups excluding carboxylic acids is 2. The van der Waals surface area contributed by atoms with Crippen molar-refractivity contribution in [3.63, 3.8) is 0 Å². The monoisotopic (exact) mass is 365 g/mol. The lowest BCUT2D eigenvalue weighted by atomic mass is 10.1. The topological polar surface area (TPSA) is 112 Å². The van der Waals surface area contributed by atoms with Gasteiger partial charge in [0.2, 0.25) is 0 Å². The summed E-state index contributed by atoms with van der Waals surface area (Å²) < 4.78 is -0.00980. The minimum atomic E-state index is -1.56. The fraction of sp³-hybridized carbons (Fsp3) is 0.133. The average molecular weight is 365 g/mol. The molecule has 0 unspecified atom stereocenters. The zero-order chi connectivity index (χ0) is 17.9. The van der Waals surface area contributed by atoms with Gasteiger partial charge in [-0.1, -0.05) is 48.2 Å². The second-order valence-electron chi connectivity index (χ2n) is 4.79. The van der Waals surface area contributed by atoms with E-state index >= 15 is 0 Å². The number of benzene rings is 1. The summed E-state index contributed by atoms with van der Waals surface area (Å²) in [5.41, 5.74) is 1.11. The summed E-state index contributed by atoms with van der Waals surface area (Å²) in [6.45, 7) is 0. The lowest BCUT2D eigenvalue weighted by Gasteiger charge is -2.21. The van der Waals surface area contributed by atoms with Gasteiger partial charge >= 0.3 is 11.9 Å². The normalized spacial score (nSPS) is 17.2. The van der Waals surface area contributed by atoms with Crippen molar-refractivity contribution in [3.05, 3.63) is 40.3 Å². The minimum Gasteiger partial charge on any atom is -0.481 e. The third-order valence-corrected chi connectivity index (χ3v) is 4.49. The van der Waals surface area contributed by atoms with Crippen LogP contribution < -0.4 is 0 Å². The Hall–Kier alpha value is -2.52. The van der Waals surface area contributed by atoms with Crippen LogP contribution >= 0.6 is 24.0 Å². The molecular formula is C15H11NO6S2. The molecule has 1 atom stereocenters. The summed E-state index contributed by atoms with van der Waals surface area (Å²) in [4.78, 5) is 46.1. The Balaban J connectivity index is 2.29. The molecule has 1 aliphatic heterocycles. The smallest absolute Gasteiger partial charge is 0.327 e. The lowest BCUT2D eigenvalue weighted by molar-refractivity contribution is -0.150. The van der Waals surface area contributed by atoms with E-state index in [1.165, 1.54) is 6.08 Å². The Kier molecular flexibility index (Phi) is 5.47. The van der Waals surface area contributed by atoms with Crippen LogP contribution in [0.5, 0.6) is 0 Å². The van der Waals surface area contributed by atoms with E-state index < -0.39 is 30.3 Å². The molecule has 1 aromatic rings. The highest BCUT2D eigenvalue weighted by atomic mass is 32.2. The standard InChI is InChI=1S/C15H11NO6S2/c17-7-9-3-1-8(2-4-9)5-11-13(20)16(15(23)24-11)10(14(21)22)6-12(18)19/h1-5,7,10H,6H2,(H,18,19)(H,21,22)/b11-5-/t10-/m1/s1. The highest BCUT2D eigenvalue weighted by Gasteiger charge is 2.41. The predicted octanol–water partition coefficient (Wildman–Crippen LogP) is 1.63. The molecule has 1 heterocycles. The average Bonchev–Trinajstić information content (AvgIpc) is 2.79. The van der Waals surface area contributed by atoms with Crippen LogP contribution in [0.4, 0.5) is 0 Å². The van der Waals surface area contributed by atoms with Gasteiger partial charge in [0.15, 0.2) is 0 Å². The van der Waals surface area contributed by atoms with Gasteiger partial charge < -0.3 is 10.2 Å². The van der Waals surface area contributed by atoms with Crippen LogP contribution in [0.3, 0.4) is 0 Å². The van der Waals surface area contributed by atoms with Gasteiger partial charge in [-0.2, -0.15) is 0 Å². The highest BCUT2D eigenvalue weighted by molar-refractivity contribution is 8.26. The van der Waals surface area contributed by atoms with Gasteiger partial charge in [0.25, 0.3) is 5.91 Å². The van der Waals surface area contributed by atoms with Crippen molar-refractivity contribution in [1.82, 2.24) is 4.90 Å². The van der Waals surface area contributed by atoms with Crippen LogP contribution in [0, 0.1) is 0 Å². The van der Waals surface area contributed by atoms with Gasteiger partial charge in [-0.3, -0.25) is 19.3 Å². The quantitative estimate of drug-likeness (QED) is 0.444. The first-order valence-electron chi connectivity index (χ1n) is 6.60. The molecule has 1 saturated heterocycles. The number of thioether (sulfide) groups is 1. The number of aliphatic carboxylic acids is 2. The van der Waals surface area contributed by atoms with Crippen LogP contribution in [0.2, 0.25) is 0 Å². The van der Waals surface area contributed by atoms with Crippen LogP contribution in [0.15, 0.2) is 29.2 Å². The van der Waals surface area contributed by atoms with Gasteiger partial charge in [-0.15, -0.1) is 0 Å². The number of amides is 1. The number of carbonyl (C=O) groups is 4. The second kappa shape index (κ2) is 7.37. The molecule has 1 aromatic carbocycles. The molecule has 1 amide bonds. The summed E-state index contributed by atoms with van der Waals surface area (Å²) in [6, 6.07) is 4.84. The molecule has 0 bridgehead atoms. The number of nitrogens with zero attached hydrogens (tertiary/aromatic N) is 1. The van der Waals surface area contributed by atoms with Crippen molar-refractivity contribution < 1.29 is 29.4 Å². The first-order valence-corrected chi connectivity index (χ1v) is 7.83. The van der Waals surface area contributed by atoms with E-state index in [1.54, 1.807) is 24.3 Å². The summed E-state index contributed by atoms with van der Waals surface area (Å²) in [6.07, 6.45) is 1.45. The Morgan fingerprint density at radius 1 is 1.21 bits per heavy atom. The van der Waals surface area contributed by atoms with E-state index in [4.69, 9.17) is 17.3 Å². The number of hydrogen-bond acceptors (Lipinski definition) is 6. The van der Waals surface area contributed by atoms with Gasteiger partial charge in [0.1, 0.15) is 16.6 Å². The van der Waals surface area contributed by atoms with Crippen molar-refractivity contribution in [2.75, 3.05) is 0 Å². The minimum absolute atomic E-state index is 0.00980. The Morgan fingerprint density at radius 2 is 1.79 bits per heavy atom. The number of carboxylic acids is 2. The molecule has 0 aliphatic carbocycles. The van der Waals surface area contributed by atoms with Gasteiger partial charge in [-0.25, -0.2) is 4.79 Å². The van der Waals surface area contributed by atoms with E-state index in [2.05, 4.69) is 0 Å². The van der Waals surface area contributed by atoms with E-state index in [-0.39, 0.29) is 9.23 Å². The largest absolute Gasteiger partial charge is 0.481 e. The molecule has 24 heavy (non-hydrogen) atoms. The Labute approximate surface area is 145 Å². The molecule has 1 aliphatic rings.